The number of rotatable bonds is 2. The first-order chi connectivity index (χ1) is 7.68. The van der Waals surface area contributed by atoms with Crippen molar-refractivity contribution in [3.05, 3.63) is 77.4 Å². The number of aryl methyl sites for hydroxylation is 2. The van der Waals surface area contributed by atoms with Gasteiger partial charge in [0.1, 0.15) is 0 Å². The molecule has 0 nitrogen and oxygen atoms in total. The first-order valence-electron chi connectivity index (χ1n) is 5.35. The third kappa shape index (κ3) is 2.06. The van der Waals surface area contributed by atoms with E-state index in [1.165, 1.54) is 11.1 Å². The molecule has 16 heavy (non-hydrogen) atoms. The van der Waals surface area contributed by atoms with Crippen molar-refractivity contribution in [2.45, 2.75) is 13.8 Å². The molecule has 0 aliphatic carbocycles. The number of hydrogen-bond donors (Lipinski definition) is 0. The van der Waals surface area contributed by atoms with Crippen molar-refractivity contribution >= 4 is 5.57 Å². The smallest absolute Gasteiger partial charge is 0.0108 e. The summed E-state index contributed by atoms with van der Waals surface area (Å²) < 4.78 is 0. The average Bonchev–Trinajstić information content (AvgIpc) is 2.32. The Morgan fingerprint density at radius 1 is 1.06 bits per heavy atom. The van der Waals surface area contributed by atoms with E-state index in [9.17, 15) is 0 Å². The molecule has 2 aromatic rings. The monoisotopic (exact) mass is 206 g/mol. The van der Waals surface area contributed by atoms with Gasteiger partial charge in [-0.25, -0.2) is 0 Å². The zero-order valence-corrected chi connectivity index (χ0v) is 9.62. The van der Waals surface area contributed by atoms with Gasteiger partial charge < -0.3 is 0 Å². The highest BCUT2D eigenvalue weighted by Gasteiger charge is 2.05. The van der Waals surface area contributed by atoms with Crippen molar-refractivity contribution in [1.82, 2.24) is 0 Å². The molecule has 0 aliphatic heterocycles. The second kappa shape index (κ2) is 4.36. The second-order valence-corrected chi connectivity index (χ2v) is 4.02. The fraction of sp³-hybridized carbons (Fsp3) is 0.125. The Morgan fingerprint density at radius 3 is 2.44 bits per heavy atom. The van der Waals surface area contributed by atoms with E-state index in [0.717, 1.165) is 16.7 Å². The Balaban J connectivity index is 2.46. The van der Waals surface area contributed by atoms with Gasteiger partial charge in [0.25, 0.3) is 0 Å². The molecule has 0 aromatic heterocycles. The largest absolute Gasteiger partial charge is 0.0590 e. The van der Waals surface area contributed by atoms with Crippen molar-refractivity contribution < 1.29 is 0 Å². The molecule has 0 aliphatic rings. The van der Waals surface area contributed by atoms with E-state index in [1.54, 1.807) is 0 Å². The summed E-state index contributed by atoms with van der Waals surface area (Å²) in [5.41, 5.74) is 5.43. The van der Waals surface area contributed by atoms with Crippen LogP contribution in [0.3, 0.4) is 0 Å². The molecule has 0 amide bonds. The maximum Gasteiger partial charge on any atom is -0.0108 e. The molecule has 2 aromatic carbocycles. The fourth-order valence-corrected chi connectivity index (χ4v) is 1.75. The SMILES string of the molecule is [CH]=C(c1cc[c]cc1)c1cc(C)ccc1C. The van der Waals surface area contributed by atoms with Gasteiger partial charge in [-0.15, -0.1) is 0 Å². The first kappa shape index (κ1) is 10.7. The van der Waals surface area contributed by atoms with Crippen LogP contribution in [0.2, 0.25) is 0 Å². The molecule has 0 unspecified atom stereocenters. The standard InChI is InChI=1S/C16H14/c1-12-9-10-13(2)16(11-12)14(3)15-7-5-4-6-8-15/h3,5-11H,1-2H3. The Labute approximate surface area is 97.3 Å². The molecule has 2 radical (unpaired) electrons. The quantitative estimate of drug-likeness (QED) is 0.697. The van der Waals surface area contributed by atoms with E-state index in [0.29, 0.717) is 0 Å². The van der Waals surface area contributed by atoms with Crippen molar-refractivity contribution in [2.75, 3.05) is 0 Å². The molecular weight excluding hydrogens is 192 g/mol. The van der Waals surface area contributed by atoms with Crippen LogP contribution < -0.4 is 0 Å². The lowest BCUT2D eigenvalue weighted by atomic mass is 9.94. The zero-order valence-electron chi connectivity index (χ0n) is 9.62. The van der Waals surface area contributed by atoms with Gasteiger partial charge in [0, 0.05) is 0 Å². The summed E-state index contributed by atoms with van der Waals surface area (Å²) in [5.74, 6) is 0. The van der Waals surface area contributed by atoms with E-state index in [1.807, 2.05) is 24.3 Å². The highest BCUT2D eigenvalue weighted by Crippen LogP contribution is 2.24. The lowest BCUT2D eigenvalue weighted by Gasteiger charge is -2.10. The minimum absolute atomic E-state index is 0.829. The Bertz CT molecular complexity index is 507. The van der Waals surface area contributed by atoms with Gasteiger partial charge in [-0.2, -0.15) is 0 Å². The number of hydrogen-bond acceptors (Lipinski definition) is 0. The van der Waals surface area contributed by atoms with Crippen molar-refractivity contribution in [1.29, 1.82) is 0 Å². The molecule has 0 heterocycles. The van der Waals surface area contributed by atoms with Crippen LogP contribution in [0, 0.1) is 26.5 Å². The Morgan fingerprint density at radius 2 is 1.75 bits per heavy atom. The predicted octanol–water partition coefficient (Wildman–Crippen LogP) is 3.97. The van der Waals surface area contributed by atoms with Crippen LogP contribution in [0.25, 0.3) is 5.57 Å². The van der Waals surface area contributed by atoms with Crippen LogP contribution in [-0.4, -0.2) is 0 Å². The lowest BCUT2D eigenvalue weighted by molar-refractivity contribution is 1.36. The van der Waals surface area contributed by atoms with Crippen LogP contribution in [0.15, 0.2) is 42.5 Å². The van der Waals surface area contributed by atoms with Gasteiger partial charge in [0.15, 0.2) is 0 Å². The van der Waals surface area contributed by atoms with Crippen LogP contribution in [0.1, 0.15) is 22.3 Å². The molecule has 78 valence electrons. The van der Waals surface area contributed by atoms with Gasteiger partial charge in [0.2, 0.25) is 0 Å². The summed E-state index contributed by atoms with van der Waals surface area (Å²) in [6.07, 6.45) is 0. The second-order valence-electron chi connectivity index (χ2n) is 4.02. The minimum atomic E-state index is 0.829. The first-order valence-corrected chi connectivity index (χ1v) is 5.35. The van der Waals surface area contributed by atoms with Gasteiger partial charge in [-0.1, -0.05) is 54.6 Å². The normalized spacial score (nSPS) is 10.1. The maximum absolute atomic E-state index is 6.19. The molecule has 2 rings (SSSR count). The molecule has 0 N–H and O–H groups in total. The summed E-state index contributed by atoms with van der Waals surface area (Å²) in [5, 5.41) is 0. The molecule has 0 saturated carbocycles. The summed E-state index contributed by atoms with van der Waals surface area (Å²) in [7, 11) is 0. The van der Waals surface area contributed by atoms with Crippen LogP contribution >= 0.6 is 0 Å². The van der Waals surface area contributed by atoms with Crippen molar-refractivity contribution in [3.8, 4) is 0 Å². The lowest BCUT2D eigenvalue weighted by Crippen LogP contribution is -1.91. The third-order valence-electron chi connectivity index (χ3n) is 2.71. The van der Waals surface area contributed by atoms with Crippen molar-refractivity contribution in [2.24, 2.45) is 0 Å². The highest BCUT2D eigenvalue weighted by molar-refractivity contribution is 5.78. The minimum Gasteiger partial charge on any atom is -0.0590 e. The summed E-state index contributed by atoms with van der Waals surface area (Å²) in [6, 6.07) is 17.1. The topological polar surface area (TPSA) is 0 Å². The Kier molecular flexibility index (Phi) is 2.91. The van der Waals surface area contributed by atoms with E-state index < -0.39 is 0 Å². The summed E-state index contributed by atoms with van der Waals surface area (Å²) >= 11 is 0. The van der Waals surface area contributed by atoms with Gasteiger partial charge in [0.05, 0.1) is 0 Å². The van der Waals surface area contributed by atoms with Crippen LogP contribution in [-0.2, 0) is 0 Å². The molecule has 0 bridgehead atoms. The molecule has 0 saturated heterocycles. The van der Waals surface area contributed by atoms with Crippen LogP contribution in [0.4, 0.5) is 0 Å². The van der Waals surface area contributed by atoms with Gasteiger partial charge >= 0.3 is 0 Å². The molecule has 0 fully saturated rings. The third-order valence-corrected chi connectivity index (χ3v) is 2.71. The summed E-state index contributed by atoms with van der Waals surface area (Å²) in [4.78, 5) is 0. The van der Waals surface area contributed by atoms with Gasteiger partial charge in [-0.3, -0.25) is 0 Å². The molecular formula is C16H14. The van der Waals surface area contributed by atoms with E-state index in [4.69, 9.17) is 6.58 Å². The molecule has 0 heteroatoms. The maximum atomic E-state index is 6.19. The van der Waals surface area contributed by atoms with E-state index in [-0.39, 0.29) is 0 Å². The highest BCUT2D eigenvalue weighted by atomic mass is 14.1. The average molecular weight is 206 g/mol. The molecule has 0 atom stereocenters. The van der Waals surface area contributed by atoms with E-state index >= 15 is 0 Å². The number of benzene rings is 2. The van der Waals surface area contributed by atoms with Crippen LogP contribution in [0.5, 0.6) is 0 Å². The fourth-order valence-electron chi connectivity index (χ4n) is 1.75. The van der Waals surface area contributed by atoms with E-state index in [2.05, 4.69) is 38.1 Å². The zero-order chi connectivity index (χ0) is 11.5. The predicted molar refractivity (Wildman–Crippen MR) is 68.0 cm³/mol. The summed E-state index contributed by atoms with van der Waals surface area (Å²) in [6.45, 7) is 10.3. The Hall–Kier alpha value is -1.82. The van der Waals surface area contributed by atoms with Gasteiger partial charge in [-0.05, 0) is 42.2 Å². The van der Waals surface area contributed by atoms with Crippen molar-refractivity contribution in [3.63, 3.8) is 0 Å². The molecule has 0 spiro atoms.